The van der Waals surface area contributed by atoms with E-state index in [1.807, 2.05) is 0 Å². The number of rotatable bonds is 3. The number of pyridine rings is 1. The Morgan fingerprint density at radius 3 is 2.30 bits per heavy atom. The zero-order valence-electron chi connectivity index (χ0n) is 9.81. The Kier molecular flexibility index (Phi) is 4.41. The minimum atomic E-state index is -4.78. The molecule has 3 nitrogen and oxygen atoms in total. The standard InChI is InChI=1S/C11H9F6N3/c12-10(13,14)8(19)5-6(18)4-7-2-1-3-9(20-7)11(15,16)17/h1-3,5,18H,4,19H2. The maximum absolute atomic E-state index is 12.4. The molecular formula is C11H9F6N3. The van der Waals surface area contributed by atoms with Crippen molar-refractivity contribution in [3.05, 3.63) is 41.4 Å². The number of nitrogens with zero attached hydrogens (tertiary/aromatic N) is 1. The van der Waals surface area contributed by atoms with Crippen molar-refractivity contribution in [2.75, 3.05) is 0 Å². The van der Waals surface area contributed by atoms with Crippen molar-refractivity contribution in [3.63, 3.8) is 0 Å². The fraction of sp³-hybridized carbons (Fsp3) is 0.273. The zero-order valence-corrected chi connectivity index (χ0v) is 9.81. The molecule has 0 radical (unpaired) electrons. The largest absolute Gasteiger partial charge is 0.433 e. The summed E-state index contributed by atoms with van der Waals surface area (Å²) in [5, 5.41) is 7.29. The normalized spacial score (nSPS) is 13.4. The summed E-state index contributed by atoms with van der Waals surface area (Å²) in [6, 6.07) is 2.98. The lowest BCUT2D eigenvalue weighted by molar-refractivity contribution is -0.141. The molecule has 0 aliphatic heterocycles. The van der Waals surface area contributed by atoms with Crippen molar-refractivity contribution in [2.24, 2.45) is 5.73 Å². The van der Waals surface area contributed by atoms with Gasteiger partial charge in [-0.05, 0) is 18.2 Å². The molecule has 0 bridgehead atoms. The van der Waals surface area contributed by atoms with Crippen LogP contribution in [-0.4, -0.2) is 16.9 Å². The molecule has 3 N–H and O–H groups in total. The van der Waals surface area contributed by atoms with Crippen LogP contribution in [-0.2, 0) is 12.6 Å². The van der Waals surface area contributed by atoms with Crippen LogP contribution < -0.4 is 5.73 Å². The minimum absolute atomic E-state index is 0.170. The van der Waals surface area contributed by atoms with Gasteiger partial charge in [-0.1, -0.05) is 6.07 Å². The number of hydrogen-bond donors (Lipinski definition) is 2. The highest BCUT2D eigenvalue weighted by Gasteiger charge is 2.33. The van der Waals surface area contributed by atoms with Crippen LogP contribution in [0, 0.1) is 5.41 Å². The Balaban J connectivity index is 2.87. The van der Waals surface area contributed by atoms with Gasteiger partial charge in [0.1, 0.15) is 11.4 Å². The maximum Gasteiger partial charge on any atom is 0.433 e. The van der Waals surface area contributed by atoms with Gasteiger partial charge in [0.15, 0.2) is 0 Å². The first-order chi connectivity index (χ1) is 9.00. The van der Waals surface area contributed by atoms with Gasteiger partial charge in [-0.2, -0.15) is 26.3 Å². The van der Waals surface area contributed by atoms with Crippen LogP contribution in [0.15, 0.2) is 30.0 Å². The fourth-order valence-corrected chi connectivity index (χ4v) is 1.25. The maximum atomic E-state index is 12.4. The molecule has 0 fully saturated rings. The molecule has 0 aliphatic carbocycles. The molecule has 20 heavy (non-hydrogen) atoms. The van der Waals surface area contributed by atoms with E-state index in [4.69, 9.17) is 11.1 Å². The van der Waals surface area contributed by atoms with E-state index in [9.17, 15) is 26.3 Å². The summed E-state index contributed by atoms with van der Waals surface area (Å²) in [5.74, 6) is 0. The van der Waals surface area contributed by atoms with E-state index in [0.717, 1.165) is 12.1 Å². The molecule has 1 aromatic rings. The molecule has 0 atom stereocenters. The third-order valence-corrected chi connectivity index (χ3v) is 2.13. The number of hydrogen-bond acceptors (Lipinski definition) is 3. The first-order valence-corrected chi connectivity index (χ1v) is 5.15. The molecule has 1 heterocycles. The van der Waals surface area contributed by atoms with Gasteiger partial charge in [-0.3, -0.25) is 0 Å². The summed E-state index contributed by atoms with van der Waals surface area (Å²) < 4.78 is 73.5. The molecule has 0 aromatic carbocycles. The molecule has 0 amide bonds. The van der Waals surface area contributed by atoms with Gasteiger partial charge in [0.2, 0.25) is 0 Å². The second-order valence-corrected chi connectivity index (χ2v) is 3.81. The van der Waals surface area contributed by atoms with E-state index in [1.54, 1.807) is 0 Å². The lowest BCUT2D eigenvalue weighted by atomic mass is 10.1. The summed E-state index contributed by atoms with van der Waals surface area (Å²) in [7, 11) is 0. The van der Waals surface area contributed by atoms with Crippen LogP contribution in [0.25, 0.3) is 0 Å². The van der Waals surface area contributed by atoms with Gasteiger partial charge in [0.05, 0.1) is 0 Å². The molecule has 1 aromatic heterocycles. The van der Waals surface area contributed by atoms with Crippen molar-refractivity contribution in [1.82, 2.24) is 4.98 Å². The van der Waals surface area contributed by atoms with Crippen molar-refractivity contribution in [2.45, 2.75) is 18.8 Å². The second kappa shape index (κ2) is 5.51. The highest BCUT2D eigenvalue weighted by Crippen LogP contribution is 2.27. The van der Waals surface area contributed by atoms with Crippen molar-refractivity contribution < 1.29 is 26.3 Å². The third-order valence-electron chi connectivity index (χ3n) is 2.13. The Morgan fingerprint density at radius 1 is 1.20 bits per heavy atom. The van der Waals surface area contributed by atoms with Crippen molar-refractivity contribution >= 4 is 5.71 Å². The first kappa shape index (κ1) is 16.0. The zero-order chi connectivity index (χ0) is 15.6. The smallest absolute Gasteiger partial charge is 0.395 e. The van der Waals surface area contributed by atoms with E-state index in [0.29, 0.717) is 6.08 Å². The average Bonchev–Trinajstić information content (AvgIpc) is 2.26. The van der Waals surface area contributed by atoms with Gasteiger partial charge >= 0.3 is 12.4 Å². The minimum Gasteiger partial charge on any atom is -0.395 e. The summed E-state index contributed by atoms with van der Waals surface area (Å²) in [6.07, 6.45) is -9.57. The fourth-order valence-electron chi connectivity index (χ4n) is 1.25. The Labute approximate surface area is 109 Å². The molecule has 0 unspecified atom stereocenters. The van der Waals surface area contributed by atoms with E-state index in [1.165, 1.54) is 6.07 Å². The molecule has 0 aliphatic rings. The topological polar surface area (TPSA) is 62.8 Å². The van der Waals surface area contributed by atoms with E-state index >= 15 is 0 Å². The Morgan fingerprint density at radius 2 is 1.80 bits per heavy atom. The van der Waals surface area contributed by atoms with Gasteiger partial charge in [-0.15, -0.1) is 0 Å². The van der Waals surface area contributed by atoms with Crippen molar-refractivity contribution in [3.8, 4) is 0 Å². The molecule has 110 valence electrons. The SMILES string of the molecule is N=C(C=C(N)C(F)(F)F)Cc1cccc(C(F)(F)F)n1. The number of halogens is 6. The summed E-state index contributed by atoms with van der Waals surface area (Å²) >= 11 is 0. The summed E-state index contributed by atoms with van der Waals surface area (Å²) in [5.41, 5.74) is 1.28. The van der Waals surface area contributed by atoms with E-state index in [2.05, 4.69) is 4.98 Å². The third kappa shape index (κ3) is 4.56. The van der Waals surface area contributed by atoms with Crippen LogP contribution >= 0.6 is 0 Å². The van der Waals surface area contributed by atoms with E-state index in [-0.39, 0.29) is 5.69 Å². The van der Waals surface area contributed by atoms with Gasteiger partial charge < -0.3 is 11.1 Å². The predicted octanol–water partition coefficient (Wildman–Crippen LogP) is 3.07. The monoisotopic (exact) mass is 297 g/mol. The second-order valence-electron chi connectivity index (χ2n) is 3.81. The van der Waals surface area contributed by atoms with Gasteiger partial charge in [0, 0.05) is 17.8 Å². The molecule has 0 saturated carbocycles. The summed E-state index contributed by atoms with van der Waals surface area (Å²) in [4.78, 5) is 3.24. The highest BCUT2D eigenvalue weighted by atomic mass is 19.4. The van der Waals surface area contributed by atoms with Gasteiger partial charge in [0.25, 0.3) is 0 Å². The number of allylic oxidation sites excluding steroid dienone is 2. The molecular weight excluding hydrogens is 288 g/mol. The lowest BCUT2D eigenvalue weighted by Crippen LogP contribution is -2.21. The number of aromatic nitrogens is 1. The average molecular weight is 297 g/mol. The summed E-state index contributed by atoms with van der Waals surface area (Å²) in [6.45, 7) is 0. The number of nitrogens with two attached hydrogens (primary N) is 1. The van der Waals surface area contributed by atoms with E-state index < -0.39 is 35.9 Å². The first-order valence-electron chi connectivity index (χ1n) is 5.15. The number of alkyl halides is 6. The molecule has 9 heteroatoms. The van der Waals surface area contributed by atoms with Crippen LogP contribution in [0.1, 0.15) is 11.4 Å². The Hall–Kier alpha value is -2.06. The molecule has 0 saturated heterocycles. The lowest BCUT2D eigenvalue weighted by Gasteiger charge is -2.08. The van der Waals surface area contributed by atoms with Crippen LogP contribution in [0.5, 0.6) is 0 Å². The van der Waals surface area contributed by atoms with Crippen LogP contribution in [0.3, 0.4) is 0 Å². The highest BCUT2D eigenvalue weighted by molar-refractivity contribution is 5.94. The molecule has 0 spiro atoms. The van der Waals surface area contributed by atoms with Crippen molar-refractivity contribution in [1.29, 1.82) is 5.41 Å². The Bertz CT molecular complexity index is 530. The quantitative estimate of drug-likeness (QED) is 0.665. The molecule has 1 rings (SSSR count). The van der Waals surface area contributed by atoms with Crippen LogP contribution in [0.4, 0.5) is 26.3 Å². The van der Waals surface area contributed by atoms with Crippen LogP contribution in [0.2, 0.25) is 0 Å². The van der Waals surface area contributed by atoms with Gasteiger partial charge in [-0.25, -0.2) is 4.98 Å². The predicted molar refractivity (Wildman–Crippen MR) is 59.0 cm³/mol. The number of nitrogens with one attached hydrogen (secondary N) is 1.